The standard InChI is InChI=1S/C13H20N2O/c1-2-15-9-4-3-6-12-7-5-8-14-13(12)16-11-10-15/h5,7-8H,2-4,6,9-11H2,1H3. The van der Waals surface area contributed by atoms with Crippen molar-refractivity contribution in [1.29, 1.82) is 0 Å². The molecule has 0 aromatic carbocycles. The van der Waals surface area contributed by atoms with E-state index in [-0.39, 0.29) is 0 Å². The molecule has 1 aromatic heterocycles. The summed E-state index contributed by atoms with van der Waals surface area (Å²) in [6, 6.07) is 4.12. The van der Waals surface area contributed by atoms with Crippen LogP contribution < -0.4 is 4.74 Å². The third-order valence-electron chi connectivity index (χ3n) is 3.11. The van der Waals surface area contributed by atoms with Gasteiger partial charge in [0.15, 0.2) is 0 Å². The van der Waals surface area contributed by atoms with Gasteiger partial charge in [0.05, 0.1) is 0 Å². The zero-order valence-corrected chi connectivity index (χ0v) is 9.98. The molecule has 0 saturated heterocycles. The Labute approximate surface area is 97.4 Å². The Kier molecular flexibility index (Phi) is 4.17. The van der Waals surface area contributed by atoms with Crippen LogP contribution in [0.1, 0.15) is 25.3 Å². The minimum Gasteiger partial charge on any atom is -0.476 e. The number of aromatic nitrogens is 1. The maximum atomic E-state index is 5.74. The fraction of sp³-hybridized carbons (Fsp3) is 0.615. The number of nitrogens with zero attached hydrogens (tertiary/aromatic N) is 2. The lowest BCUT2D eigenvalue weighted by atomic mass is 10.1. The first-order chi connectivity index (χ1) is 7.90. The Morgan fingerprint density at radius 3 is 3.19 bits per heavy atom. The average Bonchev–Trinajstić information content (AvgIpc) is 2.34. The van der Waals surface area contributed by atoms with Crippen LogP contribution in [0, 0.1) is 0 Å². The van der Waals surface area contributed by atoms with Crippen LogP contribution >= 0.6 is 0 Å². The van der Waals surface area contributed by atoms with Crippen LogP contribution in [0.15, 0.2) is 18.3 Å². The van der Waals surface area contributed by atoms with Gasteiger partial charge in [0, 0.05) is 18.3 Å². The molecule has 0 unspecified atom stereocenters. The summed E-state index contributed by atoms with van der Waals surface area (Å²) in [7, 11) is 0. The second-order valence-electron chi connectivity index (χ2n) is 4.21. The van der Waals surface area contributed by atoms with Crippen LogP contribution in [0.25, 0.3) is 0 Å². The largest absolute Gasteiger partial charge is 0.476 e. The summed E-state index contributed by atoms with van der Waals surface area (Å²) in [5.41, 5.74) is 1.26. The molecule has 1 aromatic rings. The minimum atomic E-state index is 0.748. The lowest BCUT2D eigenvalue weighted by Gasteiger charge is -2.22. The normalized spacial score (nSPS) is 18.6. The first-order valence-electron chi connectivity index (χ1n) is 6.19. The molecule has 0 radical (unpaired) electrons. The maximum absolute atomic E-state index is 5.74. The van der Waals surface area contributed by atoms with Crippen LogP contribution in [0.4, 0.5) is 0 Å². The summed E-state index contributed by atoms with van der Waals surface area (Å²) >= 11 is 0. The first-order valence-corrected chi connectivity index (χ1v) is 6.19. The molecule has 2 rings (SSSR count). The van der Waals surface area contributed by atoms with Gasteiger partial charge in [0.25, 0.3) is 0 Å². The first kappa shape index (κ1) is 11.4. The number of likely N-dealkylation sites (N-methyl/N-ethyl adjacent to an activating group) is 1. The molecule has 3 nitrogen and oxygen atoms in total. The predicted molar refractivity (Wildman–Crippen MR) is 64.8 cm³/mol. The molecule has 0 aliphatic carbocycles. The molecule has 0 bridgehead atoms. The Hall–Kier alpha value is -1.09. The van der Waals surface area contributed by atoms with E-state index in [1.807, 2.05) is 12.3 Å². The summed E-state index contributed by atoms with van der Waals surface area (Å²) in [6.07, 6.45) is 5.38. The minimum absolute atomic E-state index is 0.748. The molecule has 3 heteroatoms. The SMILES string of the molecule is CCN1CCCCc2cccnc2OCC1. The van der Waals surface area contributed by atoms with Gasteiger partial charge in [0.2, 0.25) is 5.88 Å². The molecule has 0 amide bonds. The van der Waals surface area contributed by atoms with Crippen molar-refractivity contribution in [2.24, 2.45) is 0 Å². The highest BCUT2D eigenvalue weighted by Crippen LogP contribution is 2.18. The van der Waals surface area contributed by atoms with Gasteiger partial charge in [-0.3, -0.25) is 0 Å². The van der Waals surface area contributed by atoms with Crippen LogP contribution in [-0.2, 0) is 6.42 Å². The van der Waals surface area contributed by atoms with E-state index in [1.165, 1.54) is 24.9 Å². The van der Waals surface area contributed by atoms with Crippen molar-refractivity contribution in [1.82, 2.24) is 9.88 Å². The monoisotopic (exact) mass is 220 g/mol. The van der Waals surface area contributed by atoms with Crippen LogP contribution in [0.3, 0.4) is 0 Å². The molecule has 0 fully saturated rings. The quantitative estimate of drug-likeness (QED) is 0.725. The van der Waals surface area contributed by atoms with Gasteiger partial charge < -0.3 is 9.64 Å². The van der Waals surface area contributed by atoms with Crippen LogP contribution in [0.2, 0.25) is 0 Å². The number of hydrogen-bond acceptors (Lipinski definition) is 3. The average molecular weight is 220 g/mol. The maximum Gasteiger partial charge on any atom is 0.216 e. The van der Waals surface area contributed by atoms with E-state index >= 15 is 0 Å². The molecule has 0 saturated carbocycles. The molecular weight excluding hydrogens is 200 g/mol. The highest BCUT2D eigenvalue weighted by Gasteiger charge is 2.09. The van der Waals surface area contributed by atoms with Crippen molar-refractivity contribution in [2.45, 2.75) is 26.2 Å². The highest BCUT2D eigenvalue weighted by atomic mass is 16.5. The number of pyridine rings is 1. The van der Waals surface area contributed by atoms with E-state index in [0.717, 1.165) is 32.0 Å². The summed E-state index contributed by atoms with van der Waals surface area (Å²) in [6.45, 7) is 6.26. The zero-order valence-electron chi connectivity index (χ0n) is 9.98. The summed E-state index contributed by atoms with van der Waals surface area (Å²) < 4.78 is 5.74. The Balaban J connectivity index is 2.04. The van der Waals surface area contributed by atoms with E-state index in [0.29, 0.717) is 0 Å². The van der Waals surface area contributed by atoms with Gasteiger partial charge in [-0.2, -0.15) is 0 Å². The fourth-order valence-corrected chi connectivity index (χ4v) is 2.09. The summed E-state index contributed by atoms with van der Waals surface area (Å²) in [5.74, 6) is 0.834. The van der Waals surface area contributed by atoms with Gasteiger partial charge in [-0.1, -0.05) is 13.0 Å². The Morgan fingerprint density at radius 2 is 2.31 bits per heavy atom. The lowest BCUT2D eigenvalue weighted by molar-refractivity contribution is 0.203. The smallest absolute Gasteiger partial charge is 0.216 e. The van der Waals surface area contributed by atoms with Crippen molar-refractivity contribution < 1.29 is 4.74 Å². The molecule has 1 aliphatic rings. The number of rotatable bonds is 1. The van der Waals surface area contributed by atoms with Gasteiger partial charge in [-0.15, -0.1) is 0 Å². The summed E-state index contributed by atoms with van der Waals surface area (Å²) in [5, 5.41) is 0. The molecule has 0 N–H and O–H groups in total. The third kappa shape index (κ3) is 2.95. The van der Waals surface area contributed by atoms with E-state index in [4.69, 9.17) is 4.74 Å². The van der Waals surface area contributed by atoms with Gasteiger partial charge >= 0.3 is 0 Å². The lowest BCUT2D eigenvalue weighted by Crippen LogP contribution is -2.30. The molecule has 2 heterocycles. The Bertz CT molecular complexity index is 327. The number of fused-ring (bicyclic) bond motifs is 1. The van der Waals surface area contributed by atoms with Crippen molar-refractivity contribution in [3.8, 4) is 5.88 Å². The highest BCUT2D eigenvalue weighted by molar-refractivity contribution is 5.25. The molecule has 16 heavy (non-hydrogen) atoms. The number of hydrogen-bond donors (Lipinski definition) is 0. The van der Waals surface area contributed by atoms with Crippen molar-refractivity contribution >= 4 is 0 Å². The molecule has 0 atom stereocenters. The van der Waals surface area contributed by atoms with Gasteiger partial charge in [0.1, 0.15) is 6.61 Å². The second-order valence-corrected chi connectivity index (χ2v) is 4.21. The number of aryl methyl sites for hydroxylation is 1. The molecule has 0 spiro atoms. The third-order valence-corrected chi connectivity index (χ3v) is 3.11. The van der Waals surface area contributed by atoms with E-state index in [2.05, 4.69) is 22.9 Å². The fourth-order valence-electron chi connectivity index (χ4n) is 2.09. The van der Waals surface area contributed by atoms with E-state index < -0.39 is 0 Å². The van der Waals surface area contributed by atoms with Crippen LogP contribution in [-0.4, -0.2) is 36.1 Å². The van der Waals surface area contributed by atoms with E-state index in [1.54, 1.807) is 0 Å². The molecule has 88 valence electrons. The number of ether oxygens (including phenoxy) is 1. The van der Waals surface area contributed by atoms with Crippen molar-refractivity contribution in [2.75, 3.05) is 26.2 Å². The second kappa shape index (κ2) is 5.85. The molecule has 1 aliphatic heterocycles. The van der Waals surface area contributed by atoms with E-state index in [9.17, 15) is 0 Å². The van der Waals surface area contributed by atoms with Crippen LogP contribution in [0.5, 0.6) is 5.88 Å². The Morgan fingerprint density at radius 1 is 1.38 bits per heavy atom. The van der Waals surface area contributed by atoms with Crippen molar-refractivity contribution in [3.05, 3.63) is 23.9 Å². The van der Waals surface area contributed by atoms with Crippen molar-refractivity contribution in [3.63, 3.8) is 0 Å². The topological polar surface area (TPSA) is 25.4 Å². The van der Waals surface area contributed by atoms with Gasteiger partial charge in [-0.05, 0) is 38.4 Å². The predicted octanol–water partition coefficient (Wildman–Crippen LogP) is 2.12. The van der Waals surface area contributed by atoms with Gasteiger partial charge in [-0.25, -0.2) is 4.98 Å². The summed E-state index contributed by atoms with van der Waals surface area (Å²) in [4.78, 5) is 6.74. The zero-order chi connectivity index (χ0) is 11.2. The molecular formula is C13H20N2O.